The van der Waals surface area contributed by atoms with Gasteiger partial charge in [-0.3, -0.25) is 0 Å². The van der Waals surface area contributed by atoms with Crippen molar-refractivity contribution in [3.63, 3.8) is 0 Å². The Morgan fingerprint density at radius 2 is 1.00 bits per heavy atom. The highest BCUT2D eigenvalue weighted by Crippen LogP contribution is 2.38. The number of benzene rings is 6. The third-order valence-electron chi connectivity index (χ3n) is 7.17. The normalized spacial score (nSPS) is 11.5. The summed E-state index contributed by atoms with van der Waals surface area (Å²) in [7, 11) is 0. The predicted molar refractivity (Wildman–Crippen MR) is 166 cm³/mol. The number of allylic oxidation sites excluding steroid dienone is 4. The standard InChI is InChI=1S/C38H28/c1-3-12-27(4-2)33-24-34(28-13-6-5-7-14-28)26-35(25-33)29-19-21-30(22-20-29)38-36-17-10-8-15-31(36)23-32-16-9-11-18-37(32)38/h3-26H,1-2H2/b27-12+. The van der Waals surface area contributed by atoms with Crippen LogP contribution in [0.2, 0.25) is 0 Å². The molecule has 180 valence electrons. The van der Waals surface area contributed by atoms with E-state index in [4.69, 9.17) is 0 Å². The predicted octanol–water partition coefficient (Wildman–Crippen LogP) is 10.7. The lowest BCUT2D eigenvalue weighted by Crippen LogP contribution is -1.89. The van der Waals surface area contributed by atoms with Crippen molar-refractivity contribution in [2.24, 2.45) is 0 Å². The summed E-state index contributed by atoms with van der Waals surface area (Å²) in [5, 5.41) is 5.07. The molecular weight excluding hydrogens is 456 g/mol. The molecule has 0 radical (unpaired) electrons. The third-order valence-corrected chi connectivity index (χ3v) is 7.17. The second-order valence-corrected chi connectivity index (χ2v) is 9.50. The lowest BCUT2D eigenvalue weighted by molar-refractivity contribution is 1.55. The van der Waals surface area contributed by atoms with Gasteiger partial charge < -0.3 is 0 Å². The van der Waals surface area contributed by atoms with E-state index in [0.29, 0.717) is 0 Å². The van der Waals surface area contributed by atoms with E-state index >= 15 is 0 Å². The molecule has 0 aliphatic heterocycles. The van der Waals surface area contributed by atoms with Crippen LogP contribution in [0.3, 0.4) is 0 Å². The fraction of sp³-hybridized carbons (Fsp3) is 0. The van der Waals surface area contributed by atoms with Gasteiger partial charge in [0.05, 0.1) is 0 Å². The molecule has 0 unspecified atom stereocenters. The molecule has 0 nitrogen and oxygen atoms in total. The topological polar surface area (TPSA) is 0 Å². The highest BCUT2D eigenvalue weighted by atomic mass is 14.2. The first-order valence-corrected chi connectivity index (χ1v) is 12.9. The van der Waals surface area contributed by atoms with E-state index < -0.39 is 0 Å². The summed E-state index contributed by atoms with van der Waals surface area (Å²) in [5.41, 5.74) is 9.41. The van der Waals surface area contributed by atoms with Crippen LogP contribution in [0.25, 0.3) is 60.5 Å². The summed E-state index contributed by atoms with van der Waals surface area (Å²) in [6.07, 6.45) is 5.72. The van der Waals surface area contributed by atoms with Crippen LogP contribution < -0.4 is 0 Å². The molecule has 38 heavy (non-hydrogen) atoms. The smallest absolute Gasteiger partial charge is 0.00268 e. The van der Waals surface area contributed by atoms with Crippen LogP contribution in [-0.4, -0.2) is 0 Å². The first kappa shape index (κ1) is 23.5. The molecule has 0 heterocycles. The molecule has 0 heteroatoms. The summed E-state index contributed by atoms with van der Waals surface area (Å²) in [4.78, 5) is 0. The lowest BCUT2D eigenvalue weighted by atomic mass is 9.90. The average molecular weight is 485 g/mol. The van der Waals surface area contributed by atoms with Crippen LogP contribution >= 0.6 is 0 Å². The van der Waals surface area contributed by atoms with Crippen LogP contribution in [0.1, 0.15) is 5.56 Å². The Hall–Kier alpha value is -4.94. The van der Waals surface area contributed by atoms with Crippen molar-refractivity contribution >= 4 is 27.1 Å². The maximum absolute atomic E-state index is 4.04. The number of rotatable bonds is 6. The van der Waals surface area contributed by atoms with Gasteiger partial charge in [-0.1, -0.05) is 135 Å². The van der Waals surface area contributed by atoms with E-state index in [0.717, 1.165) is 11.1 Å². The van der Waals surface area contributed by atoms with Gasteiger partial charge in [0.1, 0.15) is 0 Å². The van der Waals surface area contributed by atoms with Gasteiger partial charge >= 0.3 is 0 Å². The summed E-state index contributed by atoms with van der Waals surface area (Å²) in [6.45, 7) is 7.93. The summed E-state index contributed by atoms with van der Waals surface area (Å²) >= 11 is 0. The maximum Gasteiger partial charge on any atom is -0.00268 e. The summed E-state index contributed by atoms with van der Waals surface area (Å²) in [5.74, 6) is 0. The third kappa shape index (κ3) is 4.38. The van der Waals surface area contributed by atoms with Crippen molar-refractivity contribution in [3.05, 3.63) is 164 Å². The second-order valence-electron chi connectivity index (χ2n) is 9.50. The van der Waals surface area contributed by atoms with E-state index in [2.05, 4.69) is 141 Å². The average Bonchev–Trinajstić information content (AvgIpc) is 2.99. The molecule has 6 aromatic carbocycles. The molecule has 0 aliphatic carbocycles. The minimum Gasteiger partial charge on any atom is -0.0990 e. The van der Waals surface area contributed by atoms with Gasteiger partial charge in [0.25, 0.3) is 0 Å². The molecular formula is C38H28. The van der Waals surface area contributed by atoms with Crippen LogP contribution in [-0.2, 0) is 0 Å². The van der Waals surface area contributed by atoms with Crippen molar-refractivity contribution in [2.45, 2.75) is 0 Å². The molecule has 6 rings (SSSR count). The number of hydrogen-bond donors (Lipinski definition) is 0. The molecule has 0 N–H and O–H groups in total. The Morgan fingerprint density at radius 1 is 0.474 bits per heavy atom. The quantitative estimate of drug-likeness (QED) is 0.163. The molecule has 0 aromatic heterocycles. The van der Waals surface area contributed by atoms with Crippen molar-refractivity contribution in [1.82, 2.24) is 0 Å². The van der Waals surface area contributed by atoms with Gasteiger partial charge in [-0.15, -0.1) is 0 Å². The Kier molecular flexibility index (Phi) is 6.30. The monoisotopic (exact) mass is 484 g/mol. The SMILES string of the molecule is C=C/C=C(\C=C)c1cc(-c2ccccc2)cc(-c2ccc(-c3c4ccccc4cc4ccccc34)cc2)c1. The first-order chi connectivity index (χ1) is 18.7. The van der Waals surface area contributed by atoms with Crippen molar-refractivity contribution in [2.75, 3.05) is 0 Å². The fourth-order valence-corrected chi connectivity index (χ4v) is 5.32. The van der Waals surface area contributed by atoms with Crippen LogP contribution in [0.5, 0.6) is 0 Å². The van der Waals surface area contributed by atoms with E-state index in [9.17, 15) is 0 Å². The fourth-order valence-electron chi connectivity index (χ4n) is 5.32. The largest absolute Gasteiger partial charge is 0.0990 e. The minimum absolute atomic E-state index is 1.05. The van der Waals surface area contributed by atoms with Gasteiger partial charge in [-0.2, -0.15) is 0 Å². The maximum atomic E-state index is 4.04. The van der Waals surface area contributed by atoms with Gasteiger partial charge in [0, 0.05) is 0 Å². The molecule has 0 bridgehead atoms. The Morgan fingerprint density at radius 3 is 1.58 bits per heavy atom. The zero-order valence-electron chi connectivity index (χ0n) is 21.3. The van der Waals surface area contributed by atoms with E-state index in [1.807, 2.05) is 18.2 Å². The van der Waals surface area contributed by atoms with E-state index in [-0.39, 0.29) is 0 Å². The molecule has 0 amide bonds. The molecule has 0 spiro atoms. The van der Waals surface area contributed by atoms with Crippen molar-refractivity contribution < 1.29 is 0 Å². The van der Waals surface area contributed by atoms with E-state index in [1.165, 1.54) is 54.9 Å². The van der Waals surface area contributed by atoms with E-state index in [1.54, 1.807) is 0 Å². The molecule has 0 fully saturated rings. The van der Waals surface area contributed by atoms with Gasteiger partial charge in [0.2, 0.25) is 0 Å². The minimum atomic E-state index is 1.05. The molecule has 0 saturated carbocycles. The highest BCUT2D eigenvalue weighted by Gasteiger charge is 2.11. The molecule has 0 atom stereocenters. The number of hydrogen-bond acceptors (Lipinski definition) is 0. The second kappa shape index (κ2) is 10.2. The zero-order chi connectivity index (χ0) is 25.9. The van der Waals surface area contributed by atoms with Crippen LogP contribution in [0.4, 0.5) is 0 Å². The Labute approximate surface area is 224 Å². The summed E-state index contributed by atoms with van der Waals surface area (Å²) < 4.78 is 0. The first-order valence-electron chi connectivity index (χ1n) is 12.9. The number of fused-ring (bicyclic) bond motifs is 2. The molecule has 6 aromatic rings. The lowest BCUT2D eigenvalue weighted by Gasteiger charge is -2.14. The van der Waals surface area contributed by atoms with Crippen molar-refractivity contribution in [3.8, 4) is 33.4 Å². The zero-order valence-corrected chi connectivity index (χ0v) is 21.3. The summed E-state index contributed by atoms with van der Waals surface area (Å²) in [6, 6.07) is 45.9. The Bertz CT molecular complexity index is 1760. The highest BCUT2D eigenvalue weighted by molar-refractivity contribution is 6.12. The Balaban J connectivity index is 1.50. The molecule has 0 saturated heterocycles. The van der Waals surface area contributed by atoms with Gasteiger partial charge in [-0.25, -0.2) is 0 Å². The van der Waals surface area contributed by atoms with Crippen molar-refractivity contribution in [1.29, 1.82) is 0 Å². The van der Waals surface area contributed by atoms with Gasteiger partial charge in [0.15, 0.2) is 0 Å². The van der Waals surface area contributed by atoms with Gasteiger partial charge in [-0.05, 0) is 90.3 Å². The molecule has 0 aliphatic rings. The van der Waals surface area contributed by atoms with Crippen LogP contribution in [0.15, 0.2) is 159 Å². The van der Waals surface area contributed by atoms with Crippen LogP contribution in [0, 0.1) is 0 Å².